The number of phosphoric acid groups is 1. The van der Waals surface area contributed by atoms with Gasteiger partial charge in [-0.15, -0.1) is 0 Å². The van der Waals surface area contributed by atoms with Crippen LogP contribution in [0.5, 0.6) is 0 Å². The number of esters is 1. The lowest BCUT2D eigenvalue weighted by Gasteiger charge is -2.30. The Hall–Kier alpha value is -3.33. The predicted molar refractivity (Wildman–Crippen MR) is 394 cm³/mol. The second kappa shape index (κ2) is 69.5. The molecule has 0 rings (SSSR count). The van der Waals surface area contributed by atoms with E-state index in [4.69, 9.17) is 13.8 Å². The summed E-state index contributed by atoms with van der Waals surface area (Å²) in [7, 11) is 1.18. The quantitative estimate of drug-likeness (QED) is 0.0212. The van der Waals surface area contributed by atoms with Crippen molar-refractivity contribution in [3.8, 4) is 0 Å². The number of nitrogens with zero attached hydrogens (tertiary/aromatic N) is 1. The third-order valence-electron chi connectivity index (χ3n) is 16.7. The van der Waals surface area contributed by atoms with Crippen molar-refractivity contribution < 1.29 is 37.3 Å². The number of unbranched alkanes of at least 4 members (excludes halogenated alkanes) is 37. The van der Waals surface area contributed by atoms with Crippen molar-refractivity contribution in [3.63, 3.8) is 0 Å². The fourth-order valence-corrected chi connectivity index (χ4v) is 11.6. The molecule has 0 bridgehead atoms. The van der Waals surface area contributed by atoms with Crippen LogP contribution in [0.3, 0.4) is 0 Å². The number of rotatable bonds is 69. The Bertz CT molecular complexity index is 1930. The van der Waals surface area contributed by atoms with E-state index in [0.29, 0.717) is 17.4 Å². The van der Waals surface area contributed by atoms with E-state index in [2.05, 4.69) is 123 Å². The summed E-state index contributed by atoms with van der Waals surface area (Å²) in [6, 6.07) is -0.899. The summed E-state index contributed by atoms with van der Waals surface area (Å²) < 4.78 is 30.5. The monoisotopic (exact) mass is 1290 g/mol. The second-order valence-corrected chi connectivity index (χ2v) is 28.2. The number of phosphoric ester groups is 1. The summed E-state index contributed by atoms with van der Waals surface area (Å²) in [6.07, 6.45) is 96.6. The molecular weight excluding hydrogens is 1140 g/mol. The van der Waals surface area contributed by atoms with Crippen molar-refractivity contribution in [3.05, 3.63) is 109 Å². The standard InChI is InChI=1S/C81H145N2O7P/c1-7-10-13-16-19-22-25-27-29-31-33-35-37-39-41-43-45-47-49-51-53-55-58-61-64-67-70-73-80(84)82-78(77-89-91(86,87)88-76-75-83(4,5)6)79(72-69-66-63-60-57-24-21-18-15-12-9-3)90-81(85)74-71-68-65-62-59-56-54-52-50-48-46-44-42-40-38-36-34-32-30-28-26-23-20-17-14-11-8-2/h10,13,19-20,22-23,27-30,33,35,39,41,45,47,69,72,78-79H,7-9,11-12,14-18,21,24-26,31-32,34,36-38,40,42-44,46,48-68,70-71,73-77H2,1-6H3,(H-,82,84,86,87)/b13-10-,22-19-,23-20-,29-27-,30-28-,35-33-,41-39-,47-45-,72-69+. The molecule has 3 atom stereocenters. The van der Waals surface area contributed by atoms with E-state index in [1.807, 2.05) is 33.3 Å². The zero-order chi connectivity index (χ0) is 66.3. The van der Waals surface area contributed by atoms with E-state index in [1.54, 1.807) is 0 Å². The fourth-order valence-electron chi connectivity index (χ4n) is 10.9. The summed E-state index contributed by atoms with van der Waals surface area (Å²) in [5.74, 6) is -0.545. The number of likely N-dealkylation sites (N-methyl/N-ethyl adjacent to an activating group) is 1. The zero-order valence-corrected chi connectivity index (χ0v) is 61.2. The maximum Gasteiger partial charge on any atom is 0.306 e. The average Bonchev–Trinajstić information content (AvgIpc) is 3.08. The molecule has 0 spiro atoms. The van der Waals surface area contributed by atoms with Gasteiger partial charge in [-0.1, -0.05) is 323 Å². The molecule has 0 saturated carbocycles. The van der Waals surface area contributed by atoms with Gasteiger partial charge >= 0.3 is 5.97 Å². The Kier molecular flexibility index (Phi) is 67.0. The third-order valence-corrected chi connectivity index (χ3v) is 17.7. The molecule has 3 unspecified atom stereocenters. The first-order valence-electron chi connectivity index (χ1n) is 38.2. The molecule has 91 heavy (non-hydrogen) atoms. The molecule has 0 aliphatic carbocycles. The van der Waals surface area contributed by atoms with Gasteiger partial charge in [0.25, 0.3) is 7.82 Å². The number of allylic oxidation sites excluding steroid dienone is 17. The summed E-state index contributed by atoms with van der Waals surface area (Å²) in [5, 5.41) is 3.04. The molecule has 0 aromatic heterocycles. The van der Waals surface area contributed by atoms with Crippen LogP contribution in [-0.4, -0.2) is 69.4 Å². The van der Waals surface area contributed by atoms with Gasteiger partial charge in [-0.05, 0) is 115 Å². The van der Waals surface area contributed by atoms with Gasteiger partial charge in [0, 0.05) is 12.8 Å². The van der Waals surface area contributed by atoms with E-state index < -0.39 is 26.6 Å². The van der Waals surface area contributed by atoms with Gasteiger partial charge in [0.15, 0.2) is 0 Å². The number of carbonyl (C=O) groups is 2. The normalized spacial score (nSPS) is 14.1. The van der Waals surface area contributed by atoms with Crippen molar-refractivity contribution >= 4 is 19.7 Å². The lowest BCUT2D eigenvalue weighted by Crippen LogP contribution is -2.47. The van der Waals surface area contributed by atoms with Crippen LogP contribution in [0.4, 0.5) is 0 Å². The van der Waals surface area contributed by atoms with Gasteiger partial charge < -0.3 is 28.5 Å². The molecule has 0 aromatic carbocycles. The van der Waals surface area contributed by atoms with Crippen LogP contribution in [0.2, 0.25) is 0 Å². The Labute approximate surface area is 563 Å². The van der Waals surface area contributed by atoms with Crippen molar-refractivity contribution in [2.45, 2.75) is 354 Å². The smallest absolute Gasteiger partial charge is 0.306 e. The van der Waals surface area contributed by atoms with Crippen LogP contribution < -0.4 is 10.2 Å². The van der Waals surface area contributed by atoms with E-state index in [1.165, 1.54) is 193 Å². The van der Waals surface area contributed by atoms with Crippen LogP contribution in [0.1, 0.15) is 342 Å². The van der Waals surface area contributed by atoms with Crippen LogP contribution in [0.15, 0.2) is 109 Å². The molecule has 0 heterocycles. The zero-order valence-electron chi connectivity index (χ0n) is 60.3. The van der Waals surface area contributed by atoms with Crippen LogP contribution >= 0.6 is 7.82 Å². The van der Waals surface area contributed by atoms with Gasteiger partial charge in [0.1, 0.15) is 19.3 Å². The largest absolute Gasteiger partial charge is 0.756 e. The lowest BCUT2D eigenvalue weighted by atomic mass is 10.0. The highest BCUT2D eigenvalue weighted by molar-refractivity contribution is 7.45. The number of carbonyl (C=O) groups excluding carboxylic acids is 2. The molecule has 10 heteroatoms. The van der Waals surface area contributed by atoms with E-state index in [0.717, 1.165) is 116 Å². The Morgan fingerprint density at radius 2 is 0.703 bits per heavy atom. The SMILES string of the molecule is CC/C=C\C/C=C\C/C=C\C/C=C\C/C=C\C/C=C\CCCCCCCCCCC(=O)NC(COP(=O)([O-])OCC[N+](C)(C)C)C(/C=C/CCCCCCCCCCC)OC(=O)CCCCCCCCCCCCCCCCCCC/C=C\C/C=C\CCCCC. The van der Waals surface area contributed by atoms with Crippen molar-refractivity contribution in [2.24, 2.45) is 0 Å². The maximum atomic E-state index is 13.6. The molecular formula is C81H145N2O7P. The van der Waals surface area contributed by atoms with Gasteiger partial charge in [0.2, 0.25) is 5.91 Å². The molecule has 0 aromatic rings. The van der Waals surface area contributed by atoms with Gasteiger partial charge in [0.05, 0.1) is 33.8 Å². The Morgan fingerprint density at radius 1 is 0.396 bits per heavy atom. The topological polar surface area (TPSA) is 114 Å². The minimum Gasteiger partial charge on any atom is -0.756 e. The predicted octanol–water partition coefficient (Wildman–Crippen LogP) is 24.2. The van der Waals surface area contributed by atoms with Gasteiger partial charge in [-0.2, -0.15) is 0 Å². The highest BCUT2D eigenvalue weighted by atomic mass is 31.2. The van der Waals surface area contributed by atoms with Crippen molar-refractivity contribution in [1.29, 1.82) is 0 Å². The van der Waals surface area contributed by atoms with Crippen LogP contribution in [0.25, 0.3) is 0 Å². The summed E-state index contributed by atoms with van der Waals surface area (Å²) >= 11 is 0. The molecule has 1 N–H and O–H groups in total. The van der Waals surface area contributed by atoms with E-state index >= 15 is 0 Å². The second-order valence-electron chi connectivity index (χ2n) is 26.8. The molecule has 0 saturated heterocycles. The highest BCUT2D eigenvalue weighted by Crippen LogP contribution is 2.38. The molecule has 0 aliphatic heterocycles. The minimum atomic E-state index is -4.71. The molecule has 0 radical (unpaired) electrons. The first-order chi connectivity index (χ1) is 44.4. The molecule has 526 valence electrons. The van der Waals surface area contributed by atoms with E-state index in [9.17, 15) is 19.0 Å². The van der Waals surface area contributed by atoms with Crippen molar-refractivity contribution in [1.82, 2.24) is 5.32 Å². The lowest BCUT2D eigenvalue weighted by molar-refractivity contribution is -0.870. The Balaban J connectivity index is 4.94. The van der Waals surface area contributed by atoms with Crippen LogP contribution in [-0.2, 0) is 27.9 Å². The van der Waals surface area contributed by atoms with E-state index in [-0.39, 0.29) is 24.9 Å². The molecule has 0 fully saturated rings. The summed E-state index contributed by atoms with van der Waals surface area (Å²) in [4.78, 5) is 40.3. The summed E-state index contributed by atoms with van der Waals surface area (Å²) in [6.45, 7) is 6.72. The fraction of sp³-hybridized carbons (Fsp3) is 0.753. The number of hydrogen-bond acceptors (Lipinski definition) is 7. The number of nitrogens with one attached hydrogen (secondary N) is 1. The minimum absolute atomic E-state index is 0.0276. The summed E-state index contributed by atoms with van der Waals surface area (Å²) in [5.41, 5.74) is 0. The first-order valence-corrected chi connectivity index (χ1v) is 39.7. The number of amides is 1. The first kappa shape index (κ1) is 87.7. The van der Waals surface area contributed by atoms with Gasteiger partial charge in [-0.25, -0.2) is 0 Å². The molecule has 1 amide bonds. The molecule has 0 aliphatic rings. The molecule has 9 nitrogen and oxygen atoms in total. The average molecular weight is 1290 g/mol. The van der Waals surface area contributed by atoms with Crippen LogP contribution in [0, 0.1) is 0 Å². The number of ether oxygens (including phenoxy) is 1. The maximum absolute atomic E-state index is 13.6. The number of quaternary nitrogens is 1. The number of hydrogen-bond donors (Lipinski definition) is 1. The Morgan fingerprint density at radius 3 is 1.08 bits per heavy atom. The van der Waals surface area contributed by atoms with Gasteiger partial charge in [-0.3, -0.25) is 14.2 Å². The highest BCUT2D eigenvalue weighted by Gasteiger charge is 2.27. The van der Waals surface area contributed by atoms with Crippen molar-refractivity contribution in [2.75, 3.05) is 40.9 Å². The third kappa shape index (κ3) is 70.8.